The van der Waals surface area contributed by atoms with E-state index in [9.17, 15) is 4.79 Å². The van der Waals surface area contributed by atoms with E-state index in [1.165, 1.54) is 10.6 Å². The monoisotopic (exact) mass is 304 g/mol. The predicted octanol–water partition coefficient (Wildman–Crippen LogP) is 1.34. The highest BCUT2D eigenvalue weighted by molar-refractivity contribution is 6.29. The third-order valence-electron chi connectivity index (χ3n) is 3.15. The van der Waals surface area contributed by atoms with Crippen molar-refractivity contribution in [2.24, 2.45) is 0 Å². The van der Waals surface area contributed by atoms with E-state index in [2.05, 4.69) is 20.4 Å². The first-order chi connectivity index (χ1) is 10.1. The molecule has 8 heteroatoms. The maximum Gasteiger partial charge on any atom is 0.275 e. The zero-order chi connectivity index (χ0) is 15.0. The van der Waals surface area contributed by atoms with Gasteiger partial charge in [0.25, 0.3) is 5.56 Å². The summed E-state index contributed by atoms with van der Waals surface area (Å²) in [6.07, 6.45) is 1.70. The predicted molar refractivity (Wildman–Crippen MR) is 79.9 cm³/mol. The van der Waals surface area contributed by atoms with Crippen molar-refractivity contribution >= 4 is 23.3 Å². The molecule has 0 bridgehead atoms. The van der Waals surface area contributed by atoms with Gasteiger partial charge in [-0.25, -0.2) is 4.98 Å². The number of fused-ring (bicyclic) bond motifs is 1. The molecular weight excluding hydrogens is 292 g/mol. The van der Waals surface area contributed by atoms with E-state index in [0.29, 0.717) is 23.4 Å². The van der Waals surface area contributed by atoms with E-state index in [4.69, 9.17) is 11.6 Å². The van der Waals surface area contributed by atoms with Crippen molar-refractivity contribution in [2.45, 2.75) is 13.5 Å². The van der Waals surface area contributed by atoms with Crippen LogP contribution >= 0.6 is 11.6 Å². The van der Waals surface area contributed by atoms with Gasteiger partial charge in [0.1, 0.15) is 5.15 Å². The van der Waals surface area contributed by atoms with Crippen LogP contribution in [0.4, 0.5) is 5.95 Å². The van der Waals surface area contributed by atoms with Crippen LogP contribution in [0.3, 0.4) is 0 Å². The summed E-state index contributed by atoms with van der Waals surface area (Å²) in [7, 11) is 1.71. The Morgan fingerprint density at radius 3 is 2.86 bits per heavy atom. The fourth-order valence-electron chi connectivity index (χ4n) is 2.09. The van der Waals surface area contributed by atoms with Crippen LogP contribution in [0.25, 0.3) is 5.78 Å². The topological polar surface area (TPSA) is 77.1 Å². The van der Waals surface area contributed by atoms with Crippen molar-refractivity contribution in [1.29, 1.82) is 0 Å². The largest absolute Gasteiger partial charge is 0.356 e. The van der Waals surface area contributed by atoms with Gasteiger partial charge < -0.3 is 9.88 Å². The van der Waals surface area contributed by atoms with Crippen molar-refractivity contribution in [1.82, 2.24) is 24.1 Å². The molecule has 3 rings (SSSR count). The minimum Gasteiger partial charge on any atom is -0.356 e. The third kappa shape index (κ3) is 2.47. The summed E-state index contributed by atoms with van der Waals surface area (Å²) in [4.78, 5) is 20.4. The number of nitrogens with zero attached hydrogens (tertiary/aromatic N) is 5. The van der Waals surface area contributed by atoms with Crippen LogP contribution in [0.2, 0.25) is 5.15 Å². The van der Waals surface area contributed by atoms with Crippen LogP contribution in [0, 0.1) is 6.92 Å². The lowest BCUT2D eigenvalue weighted by Gasteiger charge is -2.11. The van der Waals surface area contributed by atoms with Gasteiger partial charge in [-0.05, 0) is 18.6 Å². The van der Waals surface area contributed by atoms with Gasteiger partial charge in [0.05, 0.1) is 6.54 Å². The lowest BCUT2D eigenvalue weighted by molar-refractivity contribution is 0.729. The van der Waals surface area contributed by atoms with Crippen molar-refractivity contribution in [3.8, 4) is 0 Å². The van der Waals surface area contributed by atoms with Crippen LogP contribution in [0.15, 0.2) is 29.2 Å². The summed E-state index contributed by atoms with van der Waals surface area (Å²) in [5.74, 6) is 0.889. The molecule has 0 aliphatic carbocycles. The summed E-state index contributed by atoms with van der Waals surface area (Å²) in [5.41, 5.74) is 1.56. The van der Waals surface area contributed by atoms with Crippen LogP contribution in [0.5, 0.6) is 0 Å². The molecule has 3 aromatic rings. The Morgan fingerprint density at radius 2 is 2.19 bits per heavy atom. The highest BCUT2D eigenvalue weighted by Crippen LogP contribution is 2.11. The van der Waals surface area contributed by atoms with Crippen LogP contribution in [-0.4, -0.2) is 31.2 Å². The maximum absolute atomic E-state index is 12.0. The van der Waals surface area contributed by atoms with Crippen molar-refractivity contribution in [2.75, 3.05) is 12.4 Å². The van der Waals surface area contributed by atoms with E-state index >= 15 is 0 Å². The minimum atomic E-state index is -0.206. The maximum atomic E-state index is 12.0. The third-order valence-corrected chi connectivity index (χ3v) is 3.37. The molecule has 108 valence electrons. The second kappa shape index (κ2) is 5.17. The molecular formula is C13H13ClN6O. The van der Waals surface area contributed by atoms with Gasteiger partial charge >= 0.3 is 0 Å². The summed E-state index contributed by atoms with van der Waals surface area (Å²) in [6.45, 7) is 2.39. The van der Waals surface area contributed by atoms with Crippen LogP contribution in [-0.2, 0) is 6.54 Å². The standard InChI is InChI=1S/C13H13ClN6O/c1-8-5-11(21)20-13(17-12(15-2)18-20)19(8)7-9-3-4-10(14)16-6-9/h3-6H,7H2,1-2H3,(H,15,18). The summed E-state index contributed by atoms with van der Waals surface area (Å²) < 4.78 is 3.18. The van der Waals surface area contributed by atoms with Crippen molar-refractivity contribution < 1.29 is 0 Å². The van der Waals surface area contributed by atoms with E-state index in [1.54, 1.807) is 19.3 Å². The molecule has 0 aliphatic heterocycles. The Labute approximate surface area is 125 Å². The van der Waals surface area contributed by atoms with E-state index < -0.39 is 0 Å². The average molecular weight is 305 g/mol. The van der Waals surface area contributed by atoms with Crippen molar-refractivity contribution in [3.63, 3.8) is 0 Å². The van der Waals surface area contributed by atoms with Gasteiger partial charge in [-0.15, -0.1) is 5.10 Å². The lowest BCUT2D eigenvalue weighted by Crippen LogP contribution is -2.20. The number of hydrogen-bond donors (Lipinski definition) is 1. The molecule has 0 spiro atoms. The first-order valence-corrected chi connectivity index (χ1v) is 6.71. The first-order valence-electron chi connectivity index (χ1n) is 6.34. The second-order valence-corrected chi connectivity index (χ2v) is 4.98. The quantitative estimate of drug-likeness (QED) is 0.739. The Kier molecular flexibility index (Phi) is 3.34. The van der Waals surface area contributed by atoms with E-state index in [1.807, 2.05) is 17.6 Å². The van der Waals surface area contributed by atoms with E-state index in [-0.39, 0.29) is 5.56 Å². The minimum absolute atomic E-state index is 0.206. The molecule has 0 unspecified atom stereocenters. The molecule has 3 aromatic heterocycles. The van der Waals surface area contributed by atoms with Crippen LogP contribution < -0.4 is 10.9 Å². The summed E-state index contributed by atoms with van der Waals surface area (Å²) in [6, 6.07) is 5.15. The van der Waals surface area contributed by atoms with Crippen LogP contribution in [0.1, 0.15) is 11.3 Å². The normalized spacial score (nSPS) is 11.0. The number of hydrogen-bond acceptors (Lipinski definition) is 5. The van der Waals surface area contributed by atoms with Crippen molar-refractivity contribution in [3.05, 3.63) is 51.2 Å². The molecule has 0 radical (unpaired) electrons. The molecule has 0 fully saturated rings. The van der Waals surface area contributed by atoms with Gasteiger partial charge in [0.15, 0.2) is 0 Å². The molecule has 1 N–H and O–H groups in total. The fourth-order valence-corrected chi connectivity index (χ4v) is 2.20. The summed E-state index contributed by atoms with van der Waals surface area (Å²) >= 11 is 5.79. The fraction of sp³-hybridized carbons (Fsp3) is 0.231. The zero-order valence-corrected chi connectivity index (χ0v) is 12.3. The number of pyridine rings is 1. The molecule has 21 heavy (non-hydrogen) atoms. The van der Waals surface area contributed by atoms with Gasteiger partial charge in [-0.2, -0.15) is 9.50 Å². The first kappa shape index (κ1) is 13.6. The lowest BCUT2D eigenvalue weighted by atomic mass is 10.3. The highest BCUT2D eigenvalue weighted by atomic mass is 35.5. The number of aromatic nitrogens is 5. The Bertz CT molecular complexity index is 851. The highest BCUT2D eigenvalue weighted by Gasteiger charge is 2.11. The Morgan fingerprint density at radius 1 is 1.38 bits per heavy atom. The second-order valence-electron chi connectivity index (χ2n) is 4.60. The molecule has 0 saturated heterocycles. The SMILES string of the molecule is CNc1nc2n(Cc3ccc(Cl)nc3)c(C)cc(=O)n2n1. The molecule has 0 atom stereocenters. The Balaban J connectivity index is 2.14. The van der Waals surface area contributed by atoms with Gasteiger partial charge in [0.2, 0.25) is 11.7 Å². The average Bonchev–Trinajstić information content (AvgIpc) is 2.90. The molecule has 7 nitrogen and oxygen atoms in total. The summed E-state index contributed by atoms with van der Waals surface area (Å²) in [5, 5.41) is 7.39. The van der Waals surface area contributed by atoms with Gasteiger partial charge in [0, 0.05) is 25.0 Å². The number of anilines is 1. The molecule has 0 amide bonds. The zero-order valence-electron chi connectivity index (χ0n) is 11.5. The number of nitrogens with one attached hydrogen (secondary N) is 1. The van der Waals surface area contributed by atoms with E-state index in [0.717, 1.165) is 11.3 Å². The molecule has 3 heterocycles. The number of rotatable bonds is 3. The van der Waals surface area contributed by atoms with Gasteiger partial charge in [-0.3, -0.25) is 4.79 Å². The smallest absolute Gasteiger partial charge is 0.275 e. The molecule has 0 aromatic carbocycles. The molecule has 0 aliphatic rings. The number of aryl methyl sites for hydroxylation is 1. The number of halogens is 1. The molecule has 0 saturated carbocycles. The Hall–Kier alpha value is -2.41. The van der Waals surface area contributed by atoms with Gasteiger partial charge in [-0.1, -0.05) is 17.7 Å².